The summed E-state index contributed by atoms with van der Waals surface area (Å²) < 4.78 is 0. The van der Waals surface area contributed by atoms with Crippen LogP contribution in [0.2, 0.25) is 0 Å². The maximum atomic E-state index is 12.6. The summed E-state index contributed by atoms with van der Waals surface area (Å²) in [7, 11) is 0. The highest BCUT2D eigenvalue weighted by molar-refractivity contribution is 5.93. The number of carbonyl (C=O) groups excluding carboxylic acids is 2. The Hall–Kier alpha value is -1.95. The summed E-state index contributed by atoms with van der Waals surface area (Å²) in [6.45, 7) is 7.88. The zero-order valence-electron chi connectivity index (χ0n) is 18.3. The molecular formula is C24H36N4O2. The van der Waals surface area contributed by atoms with Gasteiger partial charge < -0.3 is 15.1 Å². The number of rotatable bonds is 7. The van der Waals surface area contributed by atoms with Crippen LogP contribution in [-0.4, -0.2) is 65.9 Å². The van der Waals surface area contributed by atoms with Gasteiger partial charge in [0.05, 0.1) is 5.56 Å². The second-order valence-corrected chi connectivity index (χ2v) is 9.58. The molecule has 3 fully saturated rings. The molecule has 1 aromatic heterocycles. The van der Waals surface area contributed by atoms with Crippen LogP contribution in [0.15, 0.2) is 18.3 Å². The van der Waals surface area contributed by atoms with Gasteiger partial charge in [0.25, 0.3) is 5.91 Å². The highest BCUT2D eigenvalue weighted by Gasteiger charge is 2.26. The lowest BCUT2D eigenvalue weighted by atomic mass is 9.92. The molecule has 1 aliphatic carbocycles. The van der Waals surface area contributed by atoms with E-state index in [0.29, 0.717) is 29.7 Å². The second kappa shape index (κ2) is 9.90. The van der Waals surface area contributed by atoms with E-state index in [2.05, 4.69) is 22.1 Å². The van der Waals surface area contributed by atoms with E-state index in [1.165, 1.54) is 25.7 Å². The summed E-state index contributed by atoms with van der Waals surface area (Å²) >= 11 is 0. The number of pyridine rings is 1. The van der Waals surface area contributed by atoms with Crippen LogP contribution in [0.4, 0.5) is 0 Å². The minimum absolute atomic E-state index is 0.0236. The molecule has 6 nitrogen and oxygen atoms in total. The van der Waals surface area contributed by atoms with Crippen LogP contribution in [0.25, 0.3) is 0 Å². The summed E-state index contributed by atoms with van der Waals surface area (Å²) in [5.74, 6) is 2.08. The quantitative estimate of drug-likeness (QED) is 0.748. The Morgan fingerprint density at radius 2 is 1.90 bits per heavy atom. The van der Waals surface area contributed by atoms with Gasteiger partial charge >= 0.3 is 0 Å². The molecule has 0 radical (unpaired) electrons. The van der Waals surface area contributed by atoms with Gasteiger partial charge in [0.1, 0.15) is 0 Å². The van der Waals surface area contributed by atoms with Crippen LogP contribution >= 0.6 is 0 Å². The van der Waals surface area contributed by atoms with Crippen molar-refractivity contribution in [2.45, 2.75) is 57.8 Å². The molecule has 1 aromatic rings. The van der Waals surface area contributed by atoms with Gasteiger partial charge in [-0.05, 0) is 69.0 Å². The first kappa shape index (κ1) is 21.3. The van der Waals surface area contributed by atoms with Crippen molar-refractivity contribution in [1.29, 1.82) is 0 Å². The van der Waals surface area contributed by atoms with Gasteiger partial charge in [0.2, 0.25) is 5.91 Å². The number of nitrogens with one attached hydrogen (secondary N) is 1. The Morgan fingerprint density at radius 1 is 1.10 bits per heavy atom. The Labute approximate surface area is 180 Å². The molecule has 30 heavy (non-hydrogen) atoms. The average Bonchev–Trinajstić information content (AvgIpc) is 3.61. The third kappa shape index (κ3) is 5.81. The lowest BCUT2D eigenvalue weighted by molar-refractivity contribution is -0.132. The van der Waals surface area contributed by atoms with Gasteiger partial charge in [0.15, 0.2) is 0 Å². The van der Waals surface area contributed by atoms with Crippen molar-refractivity contribution >= 4 is 11.8 Å². The smallest absolute Gasteiger partial charge is 0.252 e. The molecule has 0 spiro atoms. The van der Waals surface area contributed by atoms with E-state index in [4.69, 9.17) is 0 Å². The van der Waals surface area contributed by atoms with Crippen molar-refractivity contribution in [3.63, 3.8) is 0 Å². The number of hydrogen-bond donors (Lipinski definition) is 1. The molecule has 164 valence electrons. The van der Waals surface area contributed by atoms with Gasteiger partial charge in [-0.25, -0.2) is 0 Å². The van der Waals surface area contributed by atoms with E-state index in [0.717, 1.165) is 63.7 Å². The Kier molecular flexibility index (Phi) is 7.03. The minimum Gasteiger partial charge on any atom is -0.352 e. The first-order valence-corrected chi connectivity index (χ1v) is 11.8. The van der Waals surface area contributed by atoms with Crippen molar-refractivity contribution in [2.75, 3.05) is 39.3 Å². The standard InChI is InChI=1S/C24H36N4O2/c1-18-3-2-11-27(17-18)12-10-23(29)28-13-8-20(9-14-28)22-7-6-21(16-25-22)24(30)26-15-19-4-5-19/h6-7,16,18-20H,2-5,8-15,17H2,1H3,(H,26,30). The maximum absolute atomic E-state index is 12.6. The normalized spacial score (nSPS) is 23.4. The predicted molar refractivity (Wildman–Crippen MR) is 117 cm³/mol. The third-order valence-corrected chi connectivity index (χ3v) is 6.95. The summed E-state index contributed by atoms with van der Waals surface area (Å²) in [5, 5.41) is 2.99. The van der Waals surface area contributed by atoms with E-state index in [1.807, 2.05) is 17.0 Å². The molecule has 2 amide bonds. The monoisotopic (exact) mass is 412 g/mol. The summed E-state index contributed by atoms with van der Waals surface area (Å²) in [6, 6.07) is 3.88. The molecule has 4 rings (SSSR count). The number of hydrogen-bond acceptors (Lipinski definition) is 4. The SMILES string of the molecule is CC1CCCN(CCC(=O)N2CCC(c3ccc(C(=O)NCC4CC4)cn3)CC2)C1. The van der Waals surface area contributed by atoms with Crippen molar-refractivity contribution in [1.82, 2.24) is 20.1 Å². The van der Waals surface area contributed by atoms with E-state index in [1.54, 1.807) is 6.20 Å². The summed E-state index contributed by atoms with van der Waals surface area (Å²) in [4.78, 5) is 33.9. The van der Waals surface area contributed by atoms with Crippen LogP contribution < -0.4 is 5.32 Å². The van der Waals surface area contributed by atoms with E-state index in [-0.39, 0.29) is 5.91 Å². The van der Waals surface area contributed by atoms with Gasteiger partial charge in [-0.2, -0.15) is 0 Å². The van der Waals surface area contributed by atoms with Crippen molar-refractivity contribution in [3.05, 3.63) is 29.6 Å². The Bertz CT molecular complexity index is 723. The highest BCUT2D eigenvalue weighted by atomic mass is 16.2. The van der Waals surface area contributed by atoms with Crippen molar-refractivity contribution in [2.24, 2.45) is 11.8 Å². The third-order valence-electron chi connectivity index (χ3n) is 6.95. The molecule has 2 saturated heterocycles. The summed E-state index contributed by atoms with van der Waals surface area (Å²) in [5.41, 5.74) is 1.68. The summed E-state index contributed by atoms with van der Waals surface area (Å²) in [6.07, 6.45) is 9.29. The van der Waals surface area contributed by atoms with Gasteiger partial charge in [-0.1, -0.05) is 6.92 Å². The largest absolute Gasteiger partial charge is 0.352 e. The maximum Gasteiger partial charge on any atom is 0.252 e. The highest BCUT2D eigenvalue weighted by Crippen LogP contribution is 2.28. The number of piperidine rings is 2. The fourth-order valence-corrected chi connectivity index (χ4v) is 4.77. The fraction of sp³-hybridized carbons (Fsp3) is 0.708. The molecule has 3 heterocycles. The van der Waals surface area contributed by atoms with Crippen molar-refractivity contribution < 1.29 is 9.59 Å². The molecule has 0 bridgehead atoms. The second-order valence-electron chi connectivity index (χ2n) is 9.58. The molecule has 6 heteroatoms. The zero-order chi connectivity index (χ0) is 20.9. The minimum atomic E-state index is -0.0236. The van der Waals surface area contributed by atoms with Crippen LogP contribution in [0.3, 0.4) is 0 Å². The molecule has 2 aliphatic heterocycles. The number of nitrogens with zero attached hydrogens (tertiary/aromatic N) is 3. The topological polar surface area (TPSA) is 65.5 Å². The van der Waals surface area contributed by atoms with Crippen LogP contribution in [0.1, 0.15) is 73.8 Å². The van der Waals surface area contributed by atoms with E-state index < -0.39 is 0 Å². The lowest BCUT2D eigenvalue weighted by Crippen LogP contribution is -2.41. The number of aromatic nitrogens is 1. The first-order valence-electron chi connectivity index (χ1n) is 11.8. The number of carbonyl (C=O) groups is 2. The fourth-order valence-electron chi connectivity index (χ4n) is 4.77. The molecule has 1 N–H and O–H groups in total. The zero-order valence-corrected chi connectivity index (χ0v) is 18.3. The molecular weight excluding hydrogens is 376 g/mol. The predicted octanol–water partition coefficient (Wildman–Crippen LogP) is 3.05. The average molecular weight is 413 g/mol. The Balaban J connectivity index is 1.20. The van der Waals surface area contributed by atoms with Gasteiger partial charge in [-0.15, -0.1) is 0 Å². The van der Waals surface area contributed by atoms with Crippen LogP contribution in [0.5, 0.6) is 0 Å². The first-order chi connectivity index (χ1) is 14.6. The number of likely N-dealkylation sites (tertiary alicyclic amines) is 2. The van der Waals surface area contributed by atoms with Gasteiger partial charge in [-0.3, -0.25) is 14.6 Å². The molecule has 1 saturated carbocycles. The number of amides is 2. The van der Waals surface area contributed by atoms with Crippen molar-refractivity contribution in [3.8, 4) is 0 Å². The molecule has 0 aromatic carbocycles. The molecule has 1 atom stereocenters. The van der Waals surface area contributed by atoms with Crippen LogP contribution in [-0.2, 0) is 4.79 Å². The van der Waals surface area contributed by atoms with Gasteiger partial charge in [0, 0.05) is 57.0 Å². The molecule has 3 aliphatic rings. The Morgan fingerprint density at radius 3 is 2.57 bits per heavy atom. The van der Waals surface area contributed by atoms with E-state index >= 15 is 0 Å². The lowest BCUT2D eigenvalue weighted by Gasteiger charge is -2.34. The van der Waals surface area contributed by atoms with E-state index in [9.17, 15) is 9.59 Å². The molecule has 1 unspecified atom stereocenters. The van der Waals surface area contributed by atoms with Crippen LogP contribution in [0, 0.1) is 11.8 Å².